The van der Waals surface area contributed by atoms with E-state index in [1.807, 2.05) is 0 Å². The maximum atomic E-state index is 11.9. The molecule has 0 fully saturated rings. The zero-order valence-electron chi connectivity index (χ0n) is 12.0. The SMILES string of the molecule is CCNS(=O)(=O)c1ccc(C(=O)NC(CO)COC)cc1. The van der Waals surface area contributed by atoms with Gasteiger partial charge in [0.05, 0.1) is 24.2 Å². The molecule has 1 aromatic rings. The third-order valence-electron chi connectivity index (χ3n) is 2.68. The lowest BCUT2D eigenvalue weighted by atomic mass is 10.2. The summed E-state index contributed by atoms with van der Waals surface area (Å²) in [5, 5.41) is 11.7. The Hall–Kier alpha value is -1.48. The number of hydrogen-bond donors (Lipinski definition) is 3. The first-order valence-electron chi connectivity index (χ1n) is 6.45. The highest BCUT2D eigenvalue weighted by molar-refractivity contribution is 7.89. The number of benzene rings is 1. The summed E-state index contributed by atoms with van der Waals surface area (Å²) in [6.07, 6.45) is 0. The first kappa shape index (κ1) is 17.6. The number of ether oxygens (including phenoxy) is 1. The second-order valence-electron chi connectivity index (χ2n) is 4.33. The van der Waals surface area contributed by atoms with Crippen molar-refractivity contribution in [2.45, 2.75) is 17.9 Å². The summed E-state index contributed by atoms with van der Waals surface area (Å²) >= 11 is 0. The molecular formula is C13H20N2O5S. The van der Waals surface area contributed by atoms with Crippen LogP contribution < -0.4 is 10.0 Å². The number of aliphatic hydroxyl groups excluding tert-OH is 1. The fourth-order valence-corrected chi connectivity index (χ4v) is 2.71. The highest BCUT2D eigenvalue weighted by Crippen LogP contribution is 2.10. The number of nitrogens with one attached hydrogen (secondary N) is 2. The zero-order valence-corrected chi connectivity index (χ0v) is 12.8. The van der Waals surface area contributed by atoms with E-state index >= 15 is 0 Å². The zero-order chi connectivity index (χ0) is 15.9. The molecule has 0 bridgehead atoms. The Kier molecular flexibility index (Phi) is 6.76. The van der Waals surface area contributed by atoms with Crippen molar-refractivity contribution < 1.29 is 23.1 Å². The van der Waals surface area contributed by atoms with Gasteiger partial charge in [0.25, 0.3) is 5.91 Å². The Bertz CT molecular complexity index is 556. The monoisotopic (exact) mass is 316 g/mol. The number of hydrogen-bond acceptors (Lipinski definition) is 5. The second kappa shape index (κ2) is 8.08. The number of carbonyl (C=O) groups excluding carboxylic acids is 1. The minimum Gasteiger partial charge on any atom is -0.394 e. The minimum absolute atomic E-state index is 0.0940. The van der Waals surface area contributed by atoms with Gasteiger partial charge in [0.2, 0.25) is 10.0 Å². The van der Waals surface area contributed by atoms with E-state index < -0.39 is 22.0 Å². The van der Waals surface area contributed by atoms with E-state index in [9.17, 15) is 13.2 Å². The lowest BCUT2D eigenvalue weighted by Gasteiger charge is -2.15. The first-order chi connectivity index (χ1) is 9.94. The summed E-state index contributed by atoms with van der Waals surface area (Å²) in [5.41, 5.74) is 0.306. The lowest BCUT2D eigenvalue weighted by Crippen LogP contribution is -2.40. The fraction of sp³-hybridized carbons (Fsp3) is 0.462. The molecule has 0 spiro atoms. The summed E-state index contributed by atoms with van der Waals surface area (Å²) < 4.78 is 30.7. The normalized spacial score (nSPS) is 12.9. The van der Waals surface area contributed by atoms with Crippen LogP contribution in [-0.2, 0) is 14.8 Å². The molecule has 1 unspecified atom stereocenters. The van der Waals surface area contributed by atoms with Crippen molar-refractivity contribution >= 4 is 15.9 Å². The van der Waals surface area contributed by atoms with Gasteiger partial charge in [-0.1, -0.05) is 6.92 Å². The standard InChI is InChI=1S/C13H20N2O5S/c1-3-14-21(18,19)12-6-4-10(5-7-12)13(17)15-11(8-16)9-20-2/h4-7,11,14,16H,3,8-9H2,1-2H3,(H,15,17). The summed E-state index contributed by atoms with van der Waals surface area (Å²) in [4.78, 5) is 12.0. The van der Waals surface area contributed by atoms with Crippen molar-refractivity contribution in [2.24, 2.45) is 0 Å². The quantitative estimate of drug-likeness (QED) is 0.612. The van der Waals surface area contributed by atoms with Crippen LogP contribution in [0.15, 0.2) is 29.2 Å². The molecule has 0 heterocycles. The molecule has 0 aromatic heterocycles. The molecule has 0 aliphatic carbocycles. The molecule has 0 aliphatic heterocycles. The van der Waals surface area contributed by atoms with E-state index in [1.165, 1.54) is 31.4 Å². The molecule has 1 amide bonds. The Labute approximate surface area is 124 Å². The Balaban J connectivity index is 2.80. The van der Waals surface area contributed by atoms with Gasteiger partial charge < -0.3 is 15.2 Å². The van der Waals surface area contributed by atoms with Crippen LogP contribution in [0.5, 0.6) is 0 Å². The van der Waals surface area contributed by atoms with E-state index in [0.717, 1.165) is 0 Å². The largest absolute Gasteiger partial charge is 0.394 e. The number of amides is 1. The summed E-state index contributed by atoms with van der Waals surface area (Å²) in [5.74, 6) is -0.404. The van der Waals surface area contributed by atoms with Crippen LogP contribution >= 0.6 is 0 Å². The molecule has 0 saturated carbocycles. The molecule has 0 aliphatic rings. The molecule has 118 valence electrons. The van der Waals surface area contributed by atoms with Gasteiger partial charge in [0.15, 0.2) is 0 Å². The molecule has 7 nitrogen and oxygen atoms in total. The Morgan fingerprint density at radius 3 is 2.43 bits per heavy atom. The molecule has 1 aromatic carbocycles. The van der Waals surface area contributed by atoms with E-state index in [-0.39, 0.29) is 18.1 Å². The van der Waals surface area contributed by atoms with Crippen LogP contribution in [0.4, 0.5) is 0 Å². The summed E-state index contributed by atoms with van der Waals surface area (Å²) in [6, 6.07) is 5.04. The van der Waals surface area contributed by atoms with Gasteiger partial charge in [0, 0.05) is 19.2 Å². The molecule has 1 rings (SSSR count). The third-order valence-corrected chi connectivity index (χ3v) is 4.25. The van der Waals surface area contributed by atoms with Crippen LogP contribution in [-0.4, -0.2) is 52.3 Å². The van der Waals surface area contributed by atoms with Crippen LogP contribution in [0.3, 0.4) is 0 Å². The number of sulfonamides is 1. The number of aliphatic hydroxyl groups is 1. The van der Waals surface area contributed by atoms with Gasteiger partial charge >= 0.3 is 0 Å². The van der Waals surface area contributed by atoms with E-state index in [2.05, 4.69) is 10.0 Å². The Morgan fingerprint density at radius 2 is 1.95 bits per heavy atom. The first-order valence-corrected chi connectivity index (χ1v) is 7.93. The van der Waals surface area contributed by atoms with Crippen LogP contribution in [0.1, 0.15) is 17.3 Å². The number of rotatable bonds is 8. The average molecular weight is 316 g/mol. The topological polar surface area (TPSA) is 105 Å². The highest BCUT2D eigenvalue weighted by atomic mass is 32.2. The van der Waals surface area contributed by atoms with Gasteiger partial charge in [-0.2, -0.15) is 0 Å². The average Bonchev–Trinajstić information content (AvgIpc) is 2.46. The maximum Gasteiger partial charge on any atom is 0.251 e. The lowest BCUT2D eigenvalue weighted by molar-refractivity contribution is 0.0839. The van der Waals surface area contributed by atoms with E-state index in [1.54, 1.807) is 6.92 Å². The number of methoxy groups -OCH3 is 1. The maximum absolute atomic E-state index is 11.9. The predicted molar refractivity (Wildman–Crippen MR) is 77.5 cm³/mol. The molecular weight excluding hydrogens is 296 g/mol. The minimum atomic E-state index is -3.53. The van der Waals surface area contributed by atoms with Crippen LogP contribution in [0.2, 0.25) is 0 Å². The molecule has 3 N–H and O–H groups in total. The number of carbonyl (C=O) groups is 1. The van der Waals surface area contributed by atoms with Crippen molar-refractivity contribution in [1.29, 1.82) is 0 Å². The fourth-order valence-electron chi connectivity index (χ4n) is 1.67. The molecule has 1 atom stereocenters. The smallest absolute Gasteiger partial charge is 0.251 e. The molecule has 8 heteroatoms. The van der Waals surface area contributed by atoms with Crippen molar-refractivity contribution in [1.82, 2.24) is 10.0 Å². The van der Waals surface area contributed by atoms with Gasteiger partial charge in [-0.15, -0.1) is 0 Å². The van der Waals surface area contributed by atoms with E-state index in [4.69, 9.17) is 9.84 Å². The van der Waals surface area contributed by atoms with Gasteiger partial charge in [-0.25, -0.2) is 13.1 Å². The van der Waals surface area contributed by atoms with E-state index in [0.29, 0.717) is 12.1 Å². The summed E-state index contributed by atoms with van der Waals surface area (Å²) in [6.45, 7) is 1.92. The van der Waals surface area contributed by atoms with Crippen LogP contribution in [0, 0.1) is 0 Å². The highest BCUT2D eigenvalue weighted by Gasteiger charge is 2.15. The summed E-state index contributed by atoms with van der Waals surface area (Å²) in [7, 11) is -2.06. The van der Waals surface area contributed by atoms with Gasteiger partial charge in [0.1, 0.15) is 0 Å². The predicted octanol–water partition coefficient (Wildman–Crippen LogP) is -0.278. The molecule has 21 heavy (non-hydrogen) atoms. The van der Waals surface area contributed by atoms with Crippen molar-refractivity contribution in [3.8, 4) is 0 Å². The molecule has 0 radical (unpaired) electrons. The van der Waals surface area contributed by atoms with Gasteiger partial charge in [-0.3, -0.25) is 4.79 Å². The Morgan fingerprint density at radius 1 is 1.33 bits per heavy atom. The van der Waals surface area contributed by atoms with Gasteiger partial charge in [-0.05, 0) is 24.3 Å². The van der Waals surface area contributed by atoms with Crippen molar-refractivity contribution in [3.05, 3.63) is 29.8 Å². The van der Waals surface area contributed by atoms with Crippen LogP contribution in [0.25, 0.3) is 0 Å². The van der Waals surface area contributed by atoms with Crippen molar-refractivity contribution in [2.75, 3.05) is 26.9 Å². The second-order valence-corrected chi connectivity index (χ2v) is 6.10. The third kappa shape index (κ3) is 5.09. The van der Waals surface area contributed by atoms with Crippen molar-refractivity contribution in [3.63, 3.8) is 0 Å². The molecule has 0 saturated heterocycles.